The molecule has 1 N–H and O–H groups in total. The van der Waals surface area contributed by atoms with E-state index >= 15 is 0 Å². The number of ether oxygens (including phenoxy) is 1. The van der Waals surface area contributed by atoms with Gasteiger partial charge in [0, 0.05) is 25.0 Å². The smallest absolute Gasteiger partial charge is 0.410 e. The molecule has 0 spiro atoms. The summed E-state index contributed by atoms with van der Waals surface area (Å²) in [5, 5.41) is 3.25. The standard InChI is InChI=1S/C21H29N5O2/c1-21(2,3)28-20(27)26-11-10-16-12-22-19(24-18(16)14-26)23-17-8-6-15(7-9-17)13-25(4)5/h6-9,12H,10-11,13-14H2,1-5H3,(H,22,23,24). The second kappa shape index (κ2) is 8.14. The fourth-order valence-electron chi connectivity index (χ4n) is 3.03. The Balaban J connectivity index is 1.68. The third-order valence-electron chi connectivity index (χ3n) is 4.31. The summed E-state index contributed by atoms with van der Waals surface area (Å²) in [6.07, 6.45) is 2.27. The number of benzene rings is 1. The van der Waals surface area contributed by atoms with Crippen LogP contribution in [0.4, 0.5) is 16.4 Å². The van der Waals surface area contributed by atoms with Crippen molar-refractivity contribution in [2.24, 2.45) is 0 Å². The first-order chi connectivity index (χ1) is 13.2. The van der Waals surface area contributed by atoms with E-state index in [2.05, 4.69) is 32.3 Å². The molecule has 1 aromatic carbocycles. The van der Waals surface area contributed by atoms with Gasteiger partial charge in [-0.3, -0.25) is 0 Å². The van der Waals surface area contributed by atoms with Crippen molar-refractivity contribution in [3.8, 4) is 0 Å². The molecular weight excluding hydrogens is 354 g/mol. The van der Waals surface area contributed by atoms with Gasteiger partial charge >= 0.3 is 6.09 Å². The highest BCUT2D eigenvalue weighted by atomic mass is 16.6. The lowest BCUT2D eigenvalue weighted by Gasteiger charge is -2.30. The maximum Gasteiger partial charge on any atom is 0.410 e. The molecule has 0 saturated heterocycles. The van der Waals surface area contributed by atoms with Gasteiger partial charge in [0.2, 0.25) is 5.95 Å². The number of aromatic nitrogens is 2. The van der Waals surface area contributed by atoms with Crippen LogP contribution in [0.2, 0.25) is 0 Å². The van der Waals surface area contributed by atoms with Crippen molar-refractivity contribution in [3.63, 3.8) is 0 Å². The van der Waals surface area contributed by atoms with Crippen LogP contribution in [0.5, 0.6) is 0 Å². The molecule has 0 aliphatic carbocycles. The minimum Gasteiger partial charge on any atom is -0.444 e. The maximum atomic E-state index is 12.3. The van der Waals surface area contributed by atoms with Crippen LogP contribution in [0, 0.1) is 0 Å². The number of carbonyl (C=O) groups is 1. The van der Waals surface area contributed by atoms with Gasteiger partial charge in [-0.15, -0.1) is 0 Å². The van der Waals surface area contributed by atoms with Crippen LogP contribution in [0.3, 0.4) is 0 Å². The Morgan fingerprint density at radius 3 is 2.61 bits per heavy atom. The molecule has 7 nitrogen and oxygen atoms in total. The summed E-state index contributed by atoms with van der Waals surface area (Å²) in [6, 6.07) is 8.22. The van der Waals surface area contributed by atoms with Crippen LogP contribution >= 0.6 is 0 Å². The third kappa shape index (κ3) is 5.42. The quantitative estimate of drug-likeness (QED) is 0.870. The molecule has 0 bridgehead atoms. The van der Waals surface area contributed by atoms with Crippen LogP contribution in [0.15, 0.2) is 30.5 Å². The largest absolute Gasteiger partial charge is 0.444 e. The Labute approximate surface area is 166 Å². The highest BCUT2D eigenvalue weighted by Crippen LogP contribution is 2.21. The van der Waals surface area contributed by atoms with Gasteiger partial charge in [0.05, 0.1) is 12.2 Å². The van der Waals surface area contributed by atoms with E-state index < -0.39 is 5.60 Å². The van der Waals surface area contributed by atoms with Crippen molar-refractivity contribution in [3.05, 3.63) is 47.3 Å². The van der Waals surface area contributed by atoms with E-state index in [-0.39, 0.29) is 6.09 Å². The zero-order valence-electron chi connectivity index (χ0n) is 17.3. The summed E-state index contributed by atoms with van der Waals surface area (Å²) in [5.74, 6) is 0.533. The number of nitrogens with one attached hydrogen (secondary N) is 1. The zero-order valence-corrected chi connectivity index (χ0v) is 17.3. The summed E-state index contributed by atoms with van der Waals surface area (Å²) < 4.78 is 5.48. The molecule has 1 aromatic heterocycles. The molecular formula is C21H29N5O2. The van der Waals surface area contributed by atoms with Gasteiger partial charge in [0.25, 0.3) is 0 Å². The molecule has 0 saturated carbocycles. The summed E-state index contributed by atoms with van der Waals surface area (Å²) in [7, 11) is 4.10. The predicted octanol–water partition coefficient (Wildman–Crippen LogP) is 3.58. The maximum absolute atomic E-state index is 12.3. The molecule has 0 unspecified atom stereocenters. The molecule has 28 heavy (non-hydrogen) atoms. The van der Waals surface area contributed by atoms with Crippen molar-refractivity contribution >= 4 is 17.7 Å². The van der Waals surface area contributed by atoms with Gasteiger partial charge in [-0.05, 0) is 64.5 Å². The van der Waals surface area contributed by atoms with E-state index in [1.807, 2.05) is 53.2 Å². The predicted molar refractivity (Wildman–Crippen MR) is 109 cm³/mol. The van der Waals surface area contributed by atoms with Crippen molar-refractivity contribution in [2.75, 3.05) is 26.0 Å². The number of hydrogen-bond donors (Lipinski definition) is 1. The van der Waals surface area contributed by atoms with Crippen molar-refractivity contribution < 1.29 is 9.53 Å². The topological polar surface area (TPSA) is 70.6 Å². The van der Waals surface area contributed by atoms with E-state index in [4.69, 9.17) is 4.74 Å². The Kier molecular flexibility index (Phi) is 5.84. The first kappa shape index (κ1) is 20.1. The fourth-order valence-corrected chi connectivity index (χ4v) is 3.03. The van der Waals surface area contributed by atoms with Gasteiger partial charge in [0.1, 0.15) is 5.60 Å². The molecule has 1 amide bonds. The lowest BCUT2D eigenvalue weighted by Crippen LogP contribution is -2.40. The first-order valence-electron chi connectivity index (χ1n) is 9.53. The zero-order chi connectivity index (χ0) is 20.3. The third-order valence-corrected chi connectivity index (χ3v) is 4.31. The monoisotopic (exact) mass is 383 g/mol. The molecule has 0 atom stereocenters. The first-order valence-corrected chi connectivity index (χ1v) is 9.53. The van der Waals surface area contributed by atoms with Crippen molar-refractivity contribution in [2.45, 2.75) is 45.9 Å². The number of rotatable bonds is 4. The lowest BCUT2D eigenvalue weighted by atomic mass is 10.1. The van der Waals surface area contributed by atoms with Gasteiger partial charge in [-0.1, -0.05) is 12.1 Å². The Morgan fingerprint density at radius 1 is 1.25 bits per heavy atom. The fraction of sp³-hybridized carbons (Fsp3) is 0.476. The molecule has 3 rings (SSSR count). The minimum atomic E-state index is -0.505. The Bertz CT molecular complexity index is 828. The van der Waals surface area contributed by atoms with Crippen LogP contribution in [-0.4, -0.2) is 52.1 Å². The van der Waals surface area contributed by atoms with Gasteiger partial charge in [-0.25, -0.2) is 14.8 Å². The van der Waals surface area contributed by atoms with Crippen LogP contribution < -0.4 is 5.32 Å². The molecule has 0 fully saturated rings. The number of nitrogens with zero attached hydrogens (tertiary/aromatic N) is 4. The number of anilines is 2. The van der Waals surface area contributed by atoms with E-state index in [0.717, 1.165) is 29.9 Å². The van der Waals surface area contributed by atoms with Gasteiger partial charge in [0.15, 0.2) is 0 Å². The van der Waals surface area contributed by atoms with Gasteiger partial charge in [-0.2, -0.15) is 0 Å². The molecule has 150 valence electrons. The Morgan fingerprint density at radius 2 is 1.96 bits per heavy atom. The molecule has 7 heteroatoms. The average molecular weight is 383 g/mol. The second-order valence-corrected chi connectivity index (χ2v) is 8.38. The SMILES string of the molecule is CN(C)Cc1ccc(Nc2ncc3c(n2)CN(C(=O)OC(C)(C)C)CC3)cc1. The van der Waals surface area contributed by atoms with Crippen molar-refractivity contribution in [1.82, 2.24) is 19.8 Å². The second-order valence-electron chi connectivity index (χ2n) is 8.38. The summed E-state index contributed by atoms with van der Waals surface area (Å²) >= 11 is 0. The summed E-state index contributed by atoms with van der Waals surface area (Å²) in [6.45, 7) is 7.56. The average Bonchev–Trinajstić information content (AvgIpc) is 2.61. The molecule has 1 aliphatic heterocycles. The molecule has 2 heterocycles. The highest BCUT2D eigenvalue weighted by molar-refractivity contribution is 5.68. The number of amides is 1. The van der Waals surface area contributed by atoms with Gasteiger partial charge < -0.3 is 19.9 Å². The molecule has 0 radical (unpaired) electrons. The summed E-state index contributed by atoms with van der Waals surface area (Å²) in [5.41, 5.74) is 3.61. The van der Waals surface area contributed by atoms with E-state index in [1.54, 1.807) is 4.90 Å². The van der Waals surface area contributed by atoms with Crippen LogP contribution in [0.25, 0.3) is 0 Å². The van der Waals surface area contributed by atoms with Crippen LogP contribution in [0.1, 0.15) is 37.6 Å². The Hall–Kier alpha value is -2.67. The number of fused-ring (bicyclic) bond motifs is 1. The normalized spacial score (nSPS) is 14.0. The van der Waals surface area contributed by atoms with Crippen LogP contribution in [-0.2, 0) is 24.2 Å². The molecule has 1 aliphatic rings. The lowest BCUT2D eigenvalue weighted by molar-refractivity contribution is 0.0220. The molecule has 2 aromatic rings. The minimum absolute atomic E-state index is 0.303. The van der Waals surface area contributed by atoms with E-state index in [9.17, 15) is 4.79 Å². The number of hydrogen-bond acceptors (Lipinski definition) is 6. The number of carbonyl (C=O) groups excluding carboxylic acids is 1. The highest BCUT2D eigenvalue weighted by Gasteiger charge is 2.26. The van der Waals surface area contributed by atoms with Crippen molar-refractivity contribution in [1.29, 1.82) is 0 Å². The van der Waals surface area contributed by atoms with E-state index in [0.29, 0.717) is 19.0 Å². The van der Waals surface area contributed by atoms with E-state index in [1.165, 1.54) is 5.56 Å². The summed E-state index contributed by atoms with van der Waals surface area (Å²) in [4.78, 5) is 25.2.